The van der Waals surface area contributed by atoms with Gasteiger partial charge in [0.1, 0.15) is 11.6 Å². The van der Waals surface area contributed by atoms with Crippen LogP contribution in [0.25, 0.3) is 0 Å². The quantitative estimate of drug-likeness (QED) is 0.693. The van der Waals surface area contributed by atoms with Crippen LogP contribution in [0.15, 0.2) is 12.1 Å². The molecular weight excluding hydrogens is 169 g/mol. The van der Waals surface area contributed by atoms with Crippen molar-refractivity contribution in [3.63, 3.8) is 0 Å². The van der Waals surface area contributed by atoms with E-state index in [1.165, 1.54) is 6.07 Å². The van der Waals surface area contributed by atoms with Crippen LogP contribution in [0.2, 0.25) is 0 Å². The van der Waals surface area contributed by atoms with Crippen LogP contribution < -0.4 is 5.32 Å². The molecule has 0 spiro atoms. The van der Waals surface area contributed by atoms with Gasteiger partial charge in [0.15, 0.2) is 0 Å². The Morgan fingerprint density at radius 3 is 2.77 bits per heavy atom. The van der Waals surface area contributed by atoms with E-state index >= 15 is 0 Å². The van der Waals surface area contributed by atoms with Crippen LogP contribution in [0.1, 0.15) is 23.6 Å². The predicted octanol–water partition coefficient (Wildman–Crippen LogP) is 1.87. The molecule has 0 amide bonds. The molecule has 1 aromatic carbocycles. The summed E-state index contributed by atoms with van der Waals surface area (Å²) in [5, 5.41) is 12.7. The maximum absolute atomic E-state index is 13.3. The predicted molar refractivity (Wildman–Crippen MR) is 48.2 cm³/mol. The Balaban J connectivity index is 2.46. The van der Waals surface area contributed by atoms with E-state index in [-0.39, 0.29) is 17.6 Å². The van der Waals surface area contributed by atoms with Crippen LogP contribution in [0.3, 0.4) is 0 Å². The maximum atomic E-state index is 13.3. The highest BCUT2D eigenvalue weighted by Crippen LogP contribution is 2.34. The summed E-state index contributed by atoms with van der Waals surface area (Å²) < 4.78 is 13.3. The van der Waals surface area contributed by atoms with Crippen molar-refractivity contribution in [1.29, 1.82) is 0 Å². The maximum Gasteiger partial charge on any atom is 0.131 e. The minimum Gasteiger partial charge on any atom is -0.507 e. The minimum atomic E-state index is -0.319. The van der Waals surface area contributed by atoms with Crippen molar-refractivity contribution in [3.8, 4) is 5.75 Å². The highest BCUT2D eigenvalue weighted by molar-refractivity contribution is 5.43. The summed E-state index contributed by atoms with van der Waals surface area (Å²) in [4.78, 5) is 0. The van der Waals surface area contributed by atoms with Gasteiger partial charge in [-0.3, -0.25) is 0 Å². The SMILES string of the molecule is Cc1ccc(F)c([C@H]2CCN2)c1O. The Morgan fingerprint density at radius 1 is 1.54 bits per heavy atom. The second-order valence-electron chi connectivity index (χ2n) is 3.42. The lowest BCUT2D eigenvalue weighted by molar-refractivity contribution is 0.350. The van der Waals surface area contributed by atoms with E-state index in [0.717, 1.165) is 18.5 Å². The molecule has 1 aliphatic rings. The van der Waals surface area contributed by atoms with E-state index in [0.29, 0.717) is 5.56 Å². The van der Waals surface area contributed by atoms with Gasteiger partial charge in [-0.2, -0.15) is 0 Å². The average Bonchev–Trinajstić information content (AvgIpc) is 2.02. The van der Waals surface area contributed by atoms with Gasteiger partial charge >= 0.3 is 0 Å². The molecule has 13 heavy (non-hydrogen) atoms. The molecule has 70 valence electrons. The lowest BCUT2D eigenvalue weighted by Gasteiger charge is -2.29. The van der Waals surface area contributed by atoms with E-state index in [9.17, 15) is 9.50 Å². The number of halogens is 1. The van der Waals surface area contributed by atoms with Crippen LogP contribution in [-0.4, -0.2) is 11.7 Å². The molecular formula is C10H12FNO. The molecule has 0 saturated carbocycles. The average molecular weight is 181 g/mol. The smallest absolute Gasteiger partial charge is 0.131 e. The van der Waals surface area contributed by atoms with Crippen LogP contribution in [0.4, 0.5) is 4.39 Å². The van der Waals surface area contributed by atoms with E-state index in [2.05, 4.69) is 5.32 Å². The summed E-state index contributed by atoms with van der Waals surface area (Å²) in [5.41, 5.74) is 1.15. The van der Waals surface area contributed by atoms with E-state index in [1.807, 2.05) is 0 Å². The van der Waals surface area contributed by atoms with Crippen molar-refractivity contribution >= 4 is 0 Å². The summed E-state index contributed by atoms with van der Waals surface area (Å²) in [6.07, 6.45) is 0.897. The molecule has 0 aromatic heterocycles. The first-order valence-corrected chi connectivity index (χ1v) is 4.41. The lowest BCUT2D eigenvalue weighted by atomic mass is 9.95. The topological polar surface area (TPSA) is 32.3 Å². The van der Waals surface area contributed by atoms with Crippen LogP contribution in [0, 0.1) is 12.7 Å². The van der Waals surface area contributed by atoms with Gasteiger partial charge in [-0.15, -0.1) is 0 Å². The van der Waals surface area contributed by atoms with Crippen molar-refractivity contribution in [2.24, 2.45) is 0 Å². The molecule has 0 unspecified atom stereocenters. The molecule has 3 heteroatoms. The standard InChI is InChI=1S/C10H12FNO/c1-6-2-3-7(11)9(10(6)13)8-4-5-12-8/h2-3,8,12-13H,4-5H2,1H3/t8-/m1/s1. The number of nitrogens with one attached hydrogen (secondary N) is 1. The summed E-state index contributed by atoms with van der Waals surface area (Å²) >= 11 is 0. The number of phenolic OH excluding ortho intramolecular Hbond substituents is 1. The number of phenols is 1. The third-order valence-electron chi connectivity index (χ3n) is 2.54. The number of aryl methyl sites for hydroxylation is 1. The Labute approximate surface area is 76.4 Å². The van der Waals surface area contributed by atoms with Crippen molar-refractivity contribution < 1.29 is 9.50 Å². The molecule has 1 aromatic rings. The fourth-order valence-corrected chi connectivity index (χ4v) is 1.56. The second-order valence-corrected chi connectivity index (χ2v) is 3.42. The van der Waals surface area contributed by atoms with Crippen molar-refractivity contribution in [3.05, 3.63) is 29.1 Å². The van der Waals surface area contributed by atoms with Crippen molar-refractivity contribution in [2.75, 3.05) is 6.54 Å². The summed E-state index contributed by atoms with van der Waals surface area (Å²) in [6.45, 7) is 2.68. The Bertz CT molecular complexity index is 334. The monoisotopic (exact) mass is 181 g/mol. The largest absolute Gasteiger partial charge is 0.507 e. The summed E-state index contributed by atoms with van der Waals surface area (Å²) in [7, 11) is 0. The first-order chi connectivity index (χ1) is 6.20. The molecule has 1 atom stereocenters. The molecule has 2 N–H and O–H groups in total. The minimum absolute atomic E-state index is 0.0000926. The zero-order valence-corrected chi connectivity index (χ0v) is 7.47. The molecule has 0 radical (unpaired) electrons. The Kier molecular flexibility index (Phi) is 1.96. The van der Waals surface area contributed by atoms with Crippen molar-refractivity contribution in [1.82, 2.24) is 5.32 Å². The van der Waals surface area contributed by atoms with Gasteiger partial charge in [0.2, 0.25) is 0 Å². The molecule has 1 heterocycles. The summed E-state index contributed by atoms with van der Waals surface area (Å²) in [6, 6.07) is 3.00. The van der Waals surface area contributed by atoms with Crippen LogP contribution in [-0.2, 0) is 0 Å². The van der Waals surface area contributed by atoms with Crippen molar-refractivity contribution in [2.45, 2.75) is 19.4 Å². The Hall–Kier alpha value is -1.09. The summed E-state index contributed by atoms with van der Waals surface area (Å²) in [5.74, 6) is -0.225. The lowest BCUT2D eigenvalue weighted by Crippen LogP contribution is -2.35. The number of rotatable bonds is 1. The molecule has 0 bridgehead atoms. The fraction of sp³-hybridized carbons (Fsp3) is 0.400. The molecule has 1 aliphatic heterocycles. The highest BCUT2D eigenvalue weighted by atomic mass is 19.1. The van der Waals surface area contributed by atoms with Gasteiger partial charge in [-0.1, -0.05) is 6.07 Å². The van der Waals surface area contributed by atoms with Gasteiger partial charge in [-0.25, -0.2) is 4.39 Å². The van der Waals surface area contributed by atoms with Gasteiger partial charge in [0, 0.05) is 11.6 Å². The first kappa shape index (κ1) is 8.51. The zero-order chi connectivity index (χ0) is 9.42. The molecule has 2 rings (SSSR count). The third-order valence-corrected chi connectivity index (χ3v) is 2.54. The van der Waals surface area contributed by atoms with E-state index in [1.54, 1.807) is 13.0 Å². The number of aromatic hydroxyl groups is 1. The van der Waals surface area contributed by atoms with Crippen LogP contribution >= 0.6 is 0 Å². The van der Waals surface area contributed by atoms with E-state index < -0.39 is 0 Å². The number of hydrogen-bond donors (Lipinski definition) is 2. The number of hydrogen-bond acceptors (Lipinski definition) is 2. The van der Waals surface area contributed by atoms with Gasteiger partial charge in [0.05, 0.1) is 0 Å². The van der Waals surface area contributed by atoms with E-state index in [4.69, 9.17) is 0 Å². The third kappa shape index (κ3) is 1.29. The number of benzene rings is 1. The molecule has 1 fully saturated rings. The highest BCUT2D eigenvalue weighted by Gasteiger charge is 2.25. The van der Waals surface area contributed by atoms with Gasteiger partial charge in [0.25, 0.3) is 0 Å². The Morgan fingerprint density at radius 2 is 2.23 bits per heavy atom. The second kappa shape index (κ2) is 3.00. The molecule has 2 nitrogen and oxygen atoms in total. The fourth-order valence-electron chi connectivity index (χ4n) is 1.56. The van der Waals surface area contributed by atoms with Gasteiger partial charge < -0.3 is 10.4 Å². The zero-order valence-electron chi connectivity index (χ0n) is 7.47. The molecule has 0 aliphatic carbocycles. The molecule has 1 saturated heterocycles. The first-order valence-electron chi connectivity index (χ1n) is 4.41. The van der Waals surface area contributed by atoms with Gasteiger partial charge in [-0.05, 0) is 31.5 Å². The normalized spacial score (nSPS) is 21.2. The van der Waals surface area contributed by atoms with Crippen LogP contribution in [0.5, 0.6) is 5.75 Å².